The van der Waals surface area contributed by atoms with Crippen molar-refractivity contribution in [2.24, 2.45) is 0 Å². The Hall–Kier alpha value is -2.90. The zero-order valence-corrected chi connectivity index (χ0v) is 16.3. The minimum Gasteiger partial charge on any atom is -0.507 e. The van der Waals surface area contributed by atoms with E-state index in [0.717, 1.165) is 12.1 Å². The molecule has 0 spiro atoms. The van der Waals surface area contributed by atoms with Gasteiger partial charge in [-0.1, -0.05) is 17.7 Å². The molecule has 1 fully saturated rings. The van der Waals surface area contributed by atoms with Crippen LogP contribution in [0, 0.1) is 5.82 Å². The van der Waals surface area contributed by atoms with Crippen molar-refractivity contribution < 1.29 is 28.9 Å². The number of likely N-dealkylation sites (tertiary alicyclic amines) is 1. The van der Waals surface area contributed by atoms with E-state index in [1.807, 2.05) is 0 Å². The maximum atomic E-state index is 13.2. The summed E-state index contributed by atoms with van der Waals surface area (Å²) in [6.45, 7) is 0.589. The molecule has 0 radical (unpaired) electrons. The van der Waals surface area contributed by atoms with E-state index in [0.29, 0.717) is 18.6 Å². The van der Waals surface area contributed by atoms with Gasteiger partial charge in [-0.2, -0.15) is 0 Å². The Labute approximate surface area is 171 Å². The molecule has 0 aliphatic carbocycles. The molecule has 2 N–H and O–H groups in total. The molecule has 0 bridgehead atoms. The number of aromatic hydroxyl groups is 1. The average Bonchev–Trinajstić information content (AvgIpc) is 2.95. The molecule has 1 aliphatic rings. The first-order chi connectivity index (χ1) is 13.8. The number of benzene rings is 2. The van der Waals surface area contributed by atoms with Crippen molar-refractivity contribution in [1.82, 2.24) is 4.90 Å². The number of carbonyl (C=O) groups excluding carboxylic acids is 2. The number of phenols is 1. The molecule has 6 nitrogen and oxygen atoms in total. The smallest absolute Gasteiger partial charge is 0.295 e. The molecule has 1 unspecified atom stereocenters. The summed E-state index contributed by atoms with van der Waals surface area (Å²) in [5.74, 6) is -2.67. The number of hydrogen-bond acceptors (Lipinski definition) is 5. The van der Waals surface area contributed by atoms with Crippen molar-refractivity contribution in [2.45, 2.75) is 12.5 Å². The summed E-state index contributed by atoms with van der Waals surface area (Å²) in [6, 6.07) is 8.36. The number of hydrogen-bond donors (Lipinski definition) is 2. The number of amides is 1. The van der Waals surface area contributed by atoms with Gasteiger partial charge in [0.25, 0.3) is 11.7 Å². The van der Waals surface area contributed by atoms with Crippen molar-refractivity contribution in [3.63, 3.8) is 0 Å². The lowest BCUT2D eigenvalue weighted by atomic mass is 9.95. The van der Waals surface area contributed by atoms with E-state index in [-0.39, 0.29) is 28.5 Å². The number of aliphatic hydroxyl groups excluding tert-OH is 1. The first kappa shape index (κ1) is 20.8. The SMILES string of the molecule is COCCCN1C(=O)C(=O)/C(=C(\O)c2ccc(F)cc2)C1c1ccc(O)c(Cl)c1. The number of ether oxygens (including phenoxy) is 1. The van der Waals surface area contributed by atoms with E-state index < -0.39 is 29.3 Å². The molecule has 1 heterocycles. The summed E-state index contributed by atoms with van der Waals surface area (Å²) in [7, 11) is 1.53. The number of aliphatic hydroxyl groups is 1. The lowest BCUT2D eigenvalue weighted by Gasteiger charge is -2.25. The van der Waals surface area contributed by atoms with E-state index in [1.165, 1.54) is 42.3 Å². The maximum absolute atomic E-state index is 13.2. The summed E-state index contributed by atoms with van der Waals surface area (Å²) in [5.41, 5.74) is 0.532. The van der Waals surface area contributed by atoms with Crippen LogP contribution in [0.15, 0.2) is 48.0 Å². The van der Waals surface area contributed by atoms with Crippen LogP contribution < -0.4 is 0 Å². The van der Waals surface area contributed by atoms with Crippen LogP contribution in [0.25, 0.3) is 5.76 Å². The van der Waals surface area contributed by atoms with Crippen LogP contribution in [0.4, 0.5) is 4.39 Å². The van der Waals surface area contributed by atoms with Crippen molar-refractivity contribution >= 4 is 29.1 Å². The molecule has 1 amide bonds. The second-order valence-corrected chi connectivity index (χ2v) is 6.96. The molecule has 29 heavy (non-hydrogen) atoms. The number of rotatable bonds is 6. The van der Waals surface area contributed by atoms with Gasteiger partial charge in [0.05, 0.1) is 16.6 Å². The molecule has 1 atom stereocenters. The van der Waals surface area contributed by atoms with Crippen molar-refractivity contribution in [3.05, 3.63) is 70.0 Å². The highest BCUT2D eigenvalue weighted by atomic mass is 35.5. The maximum Gasteiger partial charge on any atom is 0.295 e. The van der Waals surface area contributed by atoms with Crippen LogP contribution in [0.5, 0.6) is 5.75 Å². The Balaban J connectivity index is 2.14. The van der Waals surface area contributed by atoms with E-state index in [4.69, 9.17) is 16.3 Å². The summed E-state index contributed by atoms with van der Waals surface area (Å²) in [6.07, 6.45) is 0.475. The Morgan fingerprint density at radius 3 is 2.52 bits per heavy atom. The largest absolute Gasteiger partial charge is 0.507 e. The van der Waals surface area contributed by atoms with Crippen LogP contribution in [-0.4, -0.2) is 47.1 Å². The third-order valence-electron chi connectivity index (χ3n) is 4.69. The van der Waals surface area contributed by atoms with Crippen LogP contribution >= 0.6 is 11.6 Å². The molecule has 2 aromatic carbocycles. The third-order valence-corrected chi connectivity index (χ3v) is 5.00. The van der Waals surface area contributed by atoms with Crippen molar-refractivity contribution in [3.8, 4) is 5.75 Å². The molecule has 152 valence electrons. The Bertz CT molecular complexity index is 974. The fourth-order valence-electron chi connectivity index (χ4n) is 3.29. The van der Waals surface area contributed by atoms with Gasteiger partial charge in [-0.25, -0.2) is 4.39 Å². The molecule has 0 aromatic heterocycles. The third kappa shape index (κ3) is 4.11. The van der Waals surface area contributed by atoms with Gasteiger partial charge in [0.15, 0.2) is 0 Å². The van der Waals surface area contributed by atoms with Crippen LogP contribution in [0.1, 0.15) is 23.6 Å². The average molecular weight is 420 g/mol. The molecule has 0 saturated carbocycles. The van der Waals surface area contributed by atoms with E-state index >= 15 is 0 Å². The summed E-state index contributed by atoms with van der Waals surface area (Å²) in [5, 5.41) is 20.6. The highest BCUT2D eigenvalue weighted by molar-refractivity contribution is 6.46. The van der Waals surface area contributed by atoms with Crippen LogP contribution in [-0.2, 0) is 14.3 Å². The van der Waals surface area contributed by atoms with E-state index in [1.54, 1.807) is 0 Å². The second kappa shape index (κ2) is 8.63. The summed E-state index contributed by atoms with van der Waals surface area (Å²) in [4.78, 5) is 26.8. The van der Waals surface area contributed by atoms with E-state index in [2.05, 4.69) is 0 Å². The van der Waals surface area contributed by atoms with Gasteiger partial charge in [-0.15, -0.1) is 0 Å². The number of phenolic OH excluding ortho intramolecular Hbond substituents is 1. The normalized spacial score (nSPS) is 18.4. The molecule has 1 saturated heterocycles. The van der Waals surface area contributed by atoms with Gasteiger partial charge in [0, 0.05) is 25.8 Å². The van der Waals surface area contributed by atoms with E-state index in [9.17, 15) is 24.2 Å². The lowest BCUT2D eigenvalue weighted by Crippen LogP contribution is -2.31. The van der Waals surface area contributed by atoms with Crippen LogP contribution in [0.3, 0.4) is 0 Å². The first-order valence-electron chi connectivity index (χ1n) is 8.87. The number of halogens is 2. The molecular formula is C21H19ClFNO5. The fraction of sp³-hybridized carbons (Fsp3) is 0.238. The number of nitrogens with zero attached hydrogens (tertiary/aromatic N) is 1. The van der Waals surface area contributed by atoms with Gasteiger partial charge >= 0.3 is 0 Å². The van der Waals surface area contributed by atoms with Gasteiger partial charge in [-0.3, -0.25) is 9.59 Å². The zero-order valence-electron chi connectivity index (χ0n) is 15.6. The van der Waals surface area contributed by atoms with Gasteiger partial charge in [0.2, 0.25) is 0 Å². The van der Waals surface area contributed by atoms with Gasteiger partial charge in [-0.05, 0) is 48.4 Å². The second-order valence-electron chi connectivity index (χ2n) is 6.56. The molecular weight excluding hydrogens is 401 g/mol. The summed E-state index contributed by atoms with van der Waals surface area (Å²) < 4.78 is 18.3. The molecule has 3 rings (SSSR count). The monoisotopic (exact) mass is 419 g/mol. The number of carbonyl (C=O) groups is 2. The fourth-order valence-corrected chi connectivity index (χ4v) is 3.48. The topological polar surface area (TPSA) is 87.1 Å². The van der Waals surface area contributed by atoms with Crippen molar-refractivity contribution in [1.29, 1.82) is 0 Å². The minimum atomic E-state index is -0.907. The summed E-state index contributed by atoms with van der Waals surface area (Å²) >= 11 is 6.02. The Morgan fingerprint density at radius 2 is 1.90 bits per heavy atom. The number of ketones is 1. The Kier molecular flexibility index (Phi) is 6.20. The molecule has 2 aromatic rings. The Morgan fingerprint density at radius 1 is 1.21 bits per heavy atom. The predicted octanol–water partition coefficient (Wildman–Crippen LogP) is 3.64. The predicted molar refractivity (Wildman–Crippen MR) is 105 cm³/mol. The number of Topliss-reactive ketones (excluding diaryl/α,β-unsaturated/α-hetero) is 1. The quantitative estimate of drug-likeness (QED) is 0.323. The van der Waals surface area contributed by atoms with Gasteiger partial charge in [0.1, 0.15) is 17.3 Å². The molecule has 8 heteroatoms. The standard InChI is InChI=1S/C21H19ClFNO5/c1-29-10-2-9-24-18(13-5-8-16(25)15(22)11-13)17(20(27)21(24)28)19(26)12-3-6-14(23)7-4-12/h3-8,11,18,25-26H,2,9-10H2,1H3/b19-17-. The minimum absolute atomic E-state index is 0.0479. The van der Waals surface area contributed by atoms with Gasteiger partial charge < -0.3 is 19.8 Å². The first-order valence-corrected chi connectivity index (χ1v) is 9.24. The van der Waals surface area contributed by atoms with Crippen LogP contribution in [0.2, 0.25) is 5.02 Å². The lowest BCUT2D eigenvalue weighted by molar-refractivity contribution is -0.140. The number of methoxy groups -OCH3 is 1. The van der Waals surface area contributed by atoms with Crippen molar-refractivity contribution in [2.75, 3.05) is 20.3 Å². The molecule has 1 aliphatic heterocycles. The zero-order chi connectivity index (χ0) is 21.1. The highest BCUT2D eigenvalue weighted by Gasteiger charge is 2.45. The highest BCUT2D eigenvalue weighted by Crippen LogP contribution is 2.41.